The van der Waals surface area contributed by atoms with Gasteiger partial charge in [0.1, 0.15) is 11.6 Å². The maximum absolute atomic E-state index is 13.5. The van der Waals surface area contributed by atoms with Gasteiger partial charge in [0.05, 0.1) is 18.3 Å². The van der Waals surface area contributed by atoms with Crippen LogP contribution in [0.15, 0.2) is 60.7 Å². The van der Waals surface area contributed by atoms with E-state index < -0.39 is 29.9 Å². The van der Waals surface area contributed by atoms with Gasteiger partial charge in [-0.3, -0.25) is 10.1 Å². The average Bonchev–Trinajstić information content (AvgIpc) is 3.08. The zero-order chi connectivity index (χ0) is 24.7. The third-order valence-corrected chi connectivity index (χ3v) is 5.81. The quantitative estimate of drug-likeness (QED) is 0.524. The number of hydrogen-bond acceptors (Lipinski definition) is 5. The van der Waals surface area contributed by atoms with Crippen molar-refractivity contribution in [1.82, 2.24) is 15.5 Å². The maximum atomic E-state index is 13.5. The van der Waals surface area contributed by atoms with E-state index in [2.05, 4.69) is 17.6 Å². The molecule has 3 N–H and O–H groups in total. The van der Waals surface area contributed by atoms with Gasteiger partial charge in [0.25, 0.3) is 0 Å². The molecule has 184 valence electrons. The van der Waals surface area contributed by atoms with E-state index in [4.69, 9.17) is 4.74 Å². The minimum absolute atomic E-state index is 0.168. The molecule has 0 bridgehead atoms. The second-order valence-corrected chi connectivity index (χ2v) is 9.83. The van der Waals surface area contributed by atoms with Crippen LogP contribution in [0.1, 0.15) is 51.7 Å². The Hall–Kier alpha value is -2.90. The predicted octanol–water partition coefficient (Wildman–Crippen LogP) is 3.61. The van der Waals surface area contributed by atoms with Gasteiger partial charge in [0, 0.05) is 6.54 Å². The lowest BCUT2D eigenvalue weighted by Gasteiger charge is -2.29. The van der Waals surface area contributed by atoms with Crippen LogP contribution in [0.2, 0.25) is 0 Å². The van der Waals surface area contributed by atoms with Crippen LogP contribution in [0.3, 0.4) is 0 Å². The number of alkyl carbamates (subject to hydrolysis) is 1. The van der Waals surface area contributed by atoms with Crippen molar-refractivity contribution in [1.29, 1.82) is 0 Å². The van der Waals surface area contributed by atoms with Gasteiger partial charge in [-0.25, -0.2) is 4.79 Å². The largest absolute Gasteiger partial charge is 0.444 e. The lowest BCUT2D eigenvalue weighted by Crippen LogP contribution is -2.55. The molecule has 7 nitrogen and oxygen atoms in total. The van der Waals surface area contributed by atoms with Gasteiger partial charge in [-0.1, -0.05) is 74.0 Å². The Balaban J connectivity index is 1.80. The van der Waals surface area contributed by atoms with E-state index >= 15 is 0 Å². The van der Waals surface area contributed by atoms with Gasteiger partial charge >= 0.3 is 6.09 Å². The van der Waals surface area contributed by atoms with E-state index in [-0.39, 0.29) is 12.1 Å². The number of amides is 2. The summed E-state index contributed by atoms with van der Waals surface area (Å²) in [6, 6.07) is 17.9. The molecular formula is C27H37N3O4. The number of carbonyl (C=O) groups is 2. The number of carbonyl (C=O) groups excluding carboxylic acids is 2. The number of benzene rings is 2. The Morgan fingerprint density at radius 3 is 2.24 bits per heavy atom. The van der Waals surface area contributed by atoms with Gasteiger partial charge in [-0.05, 0) is 44.7 Å². The summed E-state index contributed by atoms with van der Waals surface area (Å²) in [5, 5.41) is 17.5. The van der Waals surface area contributed by atoms with Crippen molar-refractivity contribution in [2.75, 3.05) is 0 Å². The normalized spacial score (nSPS) is 20.1. The van der Waals surface area contributed by atoms with E-state index in [9.17, 15) is 14.7 Å². The number of nitrogens with one attached hydrogen (secondary N) is 2. The Bertz CT molecular complexity index is 930. The first-order valence-electron chi connectivity index (χ1n) is 12.0. The van der Waals surface area contributed by atoms with Crippen molar-refractivity contribution in [3.8, 4) is 0 Å². The second-order valence-electron chi connectivity index (χ2n) is 9.83. The highest BCUT2D eigenvalue weighted by atomic mass is 16.6. The van der Waals surface area contributed by atoms with Crippen LogP contribution in [0.5, 0.6) is 0 Å². The van der Waals surface area contributed by atoms with E-state index in [0.29, 0.717) is 13.0 Å². The van der Waals surface area contributed by atoms with Crippen molar-refractivity contribution >= 4 is 12.0 Å². The monoisotopic (exact) mass is 467 g/mol. The molecule has 34 heavy (non-hydrogen) atoms. The topological polar surface area (TPSA) is 90.9 Å². The Morgan fingerprint density at radius 1 is 1.09 bits per heavy atom. The molecule has 2 aromatic carbocycles. The van der Waals surface area contributed by atoms with E-state index in [1.165, 1.54) is 0 Å². The molecule has 1 saturated heterocycles. The highest BCUT2D eigenvalue weighted by Gasteiger charge is 2.44. The average molecular weight is 468 g/mol. The number of ether oxygens (including phenoxy) is 1. The highest BCUT2D eigenvalue weighted by molar-refractivity contribution is 5.85. The zero-order valence-corrected chi connectivity index (χ0v) is 20.5. The predicted molar refractivity (Wildman–Crippen MR) is 132 cm³/mol. The maximum Gasteiger partial charge on any atom is 0.407 e. The third-order valence-electron chi connectivity index (χ3n) is 5.81. The fourth-order valence-electron chi connectivity index (χ4n) is 4.24. The van der Waals surface area contributed by atoms with Crippen LogP contribution in [0, 0.1) is 0 Å². The SMILES string of the molecule is CCCC1NC([C@H](O)[C@H](Cc2ccccc2)NC(=O)OC(C)(C)C)C(=O)N1Cc1ccccc1. The number of hydrogen-bond donors (Lipinski definition) is 3. The standard InChI is InChI=1S/C27H37N3O4/c1-5-12-22-29-23(25(32)30(22)18-20-15-10-7-11-16-20)24(31)21(17-19-13-8-6-9-14-19)28-26(33)34-27(2,3)4/h6-11,13-16,21-24,29,31H,5,12,17-18H2,1-4H3,(H,28,33)/t21-,22?,23?,24+/m0/s1. The number of nitrogens with zero attached hydrogens (tertiary/aromatic N) is 1. The summed E-state index contributed by atoms with van der Waals surface area (Å²) in [5.74, 6) is -0.168. The summed E-state index contributed by atoms with van der Waals surface area (Å²) >= 11 is 0. The summed E-state index contributed by atoms with van der Waals surface area (Å²) in [5.41, 5.74) is 1.30. The van der Waals surface area contributed by atoms with Gasteiger partial charge in [-0.15, -0.1) is 0 Å². The highest BCUT2D eigenvalue weighted by Crippen LogP contribution is 2.23. The molecule has 0 aliphatic carbocycles. The molecule has 0 aromatic heterocycles. The molecular weight excluding hydrogens is 430 g/mol. The van der Waals surface area contributed by atoms with Crippen LogP contribution < -0.4 is 10.6 Å². The molecule has 1 aliphatic heterocycles. The molecule has 2 amide bonds. The van der Waals surface area contributed by atoms with Crippen LogP contribution in [0.4, 0.5) is 4.79 Å². The first kappa shape index (κ1) is 25.7. The number of aliphatic hydroxyl groups excluding tert-OH is 1. The Labute approximate surface area is 202 Å². The van der Waals surface area contributed by atoms with Crippen molar-refractivity contribution in [3.63, 3.8) is 0 Å². The van der Waals surface area contributed by atoms with Crippen molar-refractivity contribution < 1.29 is 19.4 Å². The summed E-state index contributed by atoms with van der Waals surface area (Å²) in [4.78, 5) is 27.8. The number of rotatable bonds is 9. The molecule has 0 saturated carbocycles. The van der Waals surface area contributed by atoms with Crippen molar-refractivity contribution in [3.05, 3.63) is 71.8 Å². The molecule has 2 unspecified atom stereocenters. The van der Waals surface area contributed by atoms with E-state index in [0.717, 1.165) is 24.0 Å². The second kappa shape index (κ2) is 11.5. The lowest BCUT2D eigenvalue weighted by atomic mass is 9.96. The van der Waals surface area contributed by atoms with Crippen LogP contribution in [0.25, 0.3) is 0 Å². The van der Waals surface area contributed by atoms with Crippen LogP contribution in [-0.2, 0) is 22.5 Å². The van der Waals surface area contributed by atoms with Gasteiger partial charge in [-0.2, -0.15) is 0 Å². The number of aliphatic hydroxyl groups is 1. The van der Waals surface area contributed by atoms with Crippen LogP contribution >= 0.6 is 0 Å². The fourth-order valence-corrected chi connectivity index (χ4v) is 4.24. The third kappa shape index (κ3) is 7.05. The van der Waals surface area contributed by atoms with Crippen LogP contribution in [-0.4, -0.2) is 52.0 Å². The van der Waals surface area contributed by atoms with E-state index in [1.54, 1.807) is 25.7 Å². The van der Waals surface area contributed by atoms with Crippen molar-refractivity contribution in [2.24, 2.45) is 0 Å². The van der Waals surface area contributed by atoms with E-state index in [1.807, 2.05) is 60.7 Å². The van der Waals surface area contributed by atoms with Gasteiger partial charge < -0.3 is 20.1 Å². The Kier molecular flexibility index (Phi) is 8.69. The first-order chi connectivity index (χ1) is 16.2. The molecule has 7 heteroatoms. The molecule has 1 heterocycles. The smallest absolute Gasteiger partial charge is 0.407 e. The Morgan fingerprint density at radius 2 is 1.68 bits per heavy atom. The molecule has 0 radical (unpaired) electrons. The summed E-state index contributed by atoms with van der Waals surface area (Å²) in [6.45, 7) is 7.89. The summed E-state index contributed by atoms with van der Waals surface area (Å²) < 4.78 is 5.43. The minimum Gasteiger partial charge on any atom is -0.444 e. The molecule has 1 aliphatic rings. The first-order valence-corrected chi connectivity index (χ1v) is 12.0. The molecule has 4 atom stereocenters. The zero-order valence-electron chi connectivity index (χ0n) is 20.5. The summed E-state index contributed by atoms with van der Waals surface area (Å²) in [7, 11) is 0. The molecule has 3 rings (SSSR count). The molecule has 0 spiro atoms. The lowest BCUT2D eigenvalue weighted by molar-refractivity contribution is -0.133. The van der Waals surface area contributed by atoms with Crippen molar-refractivity contribution in [2.45, 2.75) is 83.5 Å². The minimum atomic E-state index is -1.14. The summed E-state index contributed by atoms with van der Waals surface area (Å²) in [6.07, 6.45) is 0.0812. The molecule has 2 aromatic rings. The van der Waals surface area contributed by atoms with Gasteiger partial charge in [0.2, 0.25) is 5.91 Å². The van der Waals surface area contributed by atoms with Gasteiger partial charge in [0.15, 0.2) is 0 Å². The molecule has 1 fully saturated rings. The fraction of sp³-hybridized carbons (Fsp3) is 0.481.